The lowest BCUT2D eigenvalue weighted by Gasteiger charge is -2.11. The molecule has 130 valence electrons. The summed E-state index contributed by atoms with van der Waals surface area (Å²) >= 11 is 0. The Morgan fingerprint density at radius 1 is 1.23 bits per heavy atom. The van der Waals surface area contributed by atoms with Crippen molar-refractivity contribution in [2.45, 2.75) is 13.8 Å². The standard InChI is InChI=1S/C21H19N3O2/c1-14-8-18(22-3)9-15(2)21(14)26-13-19(25)12-23-11-16-4-5-17-6-7-24-20(17)10-16/h4-11,24H,12-13H2,1-2H3. The highest BCUT2D eigenvalue weighted by atomic mass is 16.5. The number of hydrogen-bond donors (Lipinski definition) is 1. The number of hydrogen-bond acceptors (Lipinski definition) is 3. The maximum absolute atomic E-state index is 12.0. The first kappa shape index (κ1) is 17.4. The summed E-state index contributed by atoms with van der Waals surface area (Å²) in [6, 6.07) is 11.5. The van der Waals surface area contributed by atoms with Crippen molar-refractivity contribution in [3.8, 4) is 5.75 Å². The van der Waals surface area contributed by atoms with Crippen molar-refractivity contribution in [3.63, 3.8) is 0 Å². The third-order valence-electron chi connectivity index (χ3n) is 4.04. The van der Waals surface area contributed by atoms with Crippen LogP contribution in [0.15, 0.2) is 47.6 Å². The fourth-order valence-corrected chi connectivity index (χ4v) is 2.82. The van der Waals surface area contributed by atoms with Crippen LogP contribution in [0.1, 0.15) is 16.7 Å². The van der Waals surface area contributed by atoms with Gasteiger partial charge in [0.25, 0.3) is 0 Å². The summed E-state index contributed by atoms with van der Waals surface area (Å²) in [4.78, 5) is 22.8. The van der Waals surface area contributed by atoms with E-state index in [0.29, 0.717) is 11.4 Å². The summed E-state index contributed by atoms with van der Waals surface area (Å²) in [5, 5.41) is 1.14. The van der Waals surface area contributed by atoms with Crippen molar-refractivity contribution in [2.24, 2.45) is 4.99 Å². The van der Waals surface area contributed by atoms with Gasteiger partial charge in [0.15, 0.2) is 11.5 Å². The number of fused-ring (bicyclic) bond motifs is 1. The zero-order valence-corrected chi connectivity index (χ0v) is 14.7. The molecule has 0 saturated heterocycles. The van der Waals surface area contributed by atoms with Gasteiger partial charge in [0.1, 0.15) is 18.9 Å². The minimum absolute atomic E-state index is 0.0357. The van der Waals surface area contributed by atoms with Gasteiger partial charge in [-0.25, -0.2) is 4.85 Å². The van der Waals surface area contributed by atoms with Crippen LogP contribution in [0, 0.1) is 20.4 Å². The van der Waals surface area contributed by atoms with Gasteiger partial charge in [0.2, 0.25) is 0 Å². The molecular formula is C21H19N3O2. The minimum atomic E-state index is -0.102. The number of ether oxygens (including phenoxy) is 1. The van der Waals surface area contributed by atoms with E-state index in [-0.39, 0.29) is 18.9 Å². The number of aromatic amines is 1. The first-order valence-corrected chi connectivity index (χ1v) is 8.27. The van der Waals surface area contributed by atoms with E-state index in [1.54, 1.807) is 18.3 Å². The summed E-state index contributed by atoms with van der Waals surface area (Å²) in [5.74, 6) is 0.558. The average Bonchev–Trinajstić information content (AvgIpc) is 3.08. The summed E-state index contributed by atoms with van der Waals surface area (Å²) in [5.41, 5.74) is 4.26. The number of H-pyrrole nitrogens is 1. The van der Waals surface area contributed by atoms with E-state index in [9.17, 15) is 4.79 Å². The van der Waals surface area contributed by atoms with E-state index < -0.39 is 0 Å². The molecule has 1 N–H and O–H groups in total. The van der Waals surface area contributed by atoms with Crippen molar-refractivity contribution in [2.75, 3.05) is 13.2 Å². The lowest BCUT2D eigenvalue weighted by molar-refractivity contribution is -0.119. The second kappa shape index (κ2) is 7.66. The Labute approximate surface area is 152 Å². The number of aliphatic imine (C=N–C) groups is 1. The molecule has 1 aromatic heterocycles. The summed E-state index contributed by atoms with van der Waals surface area (Å²) in [6.07, 6.45) is 3.58. The molecule has 0 saturated carbocycles. The number of rotatable bonds is 6. The molecule has 3 rings (SSSR count). The maximum Gasteiger partial charge on any atom is 0.191 e. The van der Waals surface area contributed by atoms with Gasteiger partial charge >= 0.3 is 0 Å². The van der Waals surface area contributed by atoms with Gasteiger partial charge in [0, 0.05) is 17.9 Å². The smallest absolute Gasteiger partial charge is 0.191 e. The third-order valence-corrected chi connectivity index (χ3v) is 4.04. The molecule has 0 bridgehead atoms. The first-order chi connectivity index (χ1) is 12.6. The average molecular weight is 345 g/mol. The normalized spacial score (nSPS) is 11.0. The molecular weight excluding hydrogens is 326 g/mol. The van der Waals surface area contributed by atoms with Gasteiger partial charge in [-0.3, -0.25) is 9.79 Å². The number of carbonyl (C=O) groups excluding carboxylic acids is 1. The highest BCUT2D eigenvalue weighted by Crippen LogP contribution is 2.28. The Morgan fingerprint density at radius 2 is 2.00 bits per heavy atom. The predicted octanol–water partition coefficient (Wildman–Crippen LogP) is 4.40. The van der Waals surface area contributed by atoms with Crippen LogP contribution in [-0.2, 0) is 4.79 Å². The largest absolute Gasteiger partial charge is 0.485 e. The zero-order valence-electron chi connectivity index (χ0n) is 14.7. The maximum atomic E-state index is 12.0. The van der Waals surface area contributed by atoms with Crippen molar-refractivity contribution < 1.29 is 9.53 Å². The van der Waals surface area contributed by atoms with Crippen molar-refractivity contribution >= 4 is 28.6 Å². The molecule has 1 heterocycles. The Morgan fingerprint density at radius 3 is 2.73 bits per heavy atom. The number of carbonyl (C=O) groups is 1. The Kier molecular flexibility index (Phi) is 5.14. The number of nitrogens with zero attached hydrogens (tertiary/aromatic N) is 2. The van der Waals surface area contributed by atoms with Crippen LogP contribution in [-0.4, -0.2) is 30.1 Å². The van der Waals surface area contributed by atoms with Crippen LogP contribution in [0.3, 0.4) is 0 Å². The number of benzene rings is 2. The Bertz CT molecular complexity index is 1000. The van der Waals surface area contributed by atoms with E-state index >= 15 is 0 Å². The van der Waals surface area contributed by atoms with Crippen LogP contribution in [0.4, 0.5) is 5.69 Å². The predicted molar refractivity (Wildman–Crippen MR) is 103 cm³/mol. The number of nitrogens with one attached hydrogen (secondary N) is 1. The molecule has 26 heavy (non-hydrogen) atoms. The number of Topliss-reactive ketones (excluding diaryl/α,β-unsaturated/α-hetero) is 1. The van der Waals surface area contributed by atoms with Crippen LogP contribution >= 0.6 is 0 Å². The van der Waals surface area contributed by atoms with E-state index in [0.717, 1.165) is 27.6 Å². The van der Waals surface area contributed by atoms with Crippen LogP contribution in [0.25, 0.3) is 15.7 Å². The molecule has 0 radical (unpaired) electrons. The van der Waals surface area contributed by atoms with Crippen LogP contribution < -0.4 is 4.74 Å². The monoisotopic (exact) mass is 345 g/mol. The van der Waals surface area contributed by atoms with Gasteiger partial charge in [-0.2, -0.15) is 0 Å². The molecule has 0 amide bonds. The highest BCUT2D eigenvalue weighted by Gasteiger charge is 2.09. The van der Waals surface area contributed by atoms with Gasteiger partial charge in [0.05, 0.1) is 6.57 Å². The topological polar surface area (TPSA) is 58.8 Å². The molecule has 2 aromatic carbocycles. The van der Waals surface area contributed by atoms with Gasteiger partial charge < -0.3 is 9.72 Å². The van der Waals surface area contributed by atoms with E-state index in [1.807, 2.05) is 44.3 Å². The van der Waals surface area contributed by atoms with E-state index in [4.69, 9.17) is 11.3 Å². The van der Waals surface area contributed by atoms with Crippen LogP contribution in [0.2, 0.25) is 0 Å². The third kappa shape index (κ3) is 3.98. The second-order valence-corrected chi connectivity index (χ2v) is 6.14. The zero-order chi connectivity index (χ0) is 18.5. The molecule has 5 nitrogen and oxygen atoms in total. The molecule has 0 fully saturated rings. The van der Waals surface area contributed by atoms with E-state index in [2.05, 4.69) is 14.8 Å². The van der Waals surface area contributed by atoms with Gasteiger partial charge in [-0.15, -0.1) is 0 Å². The molecule has 0 aliphatic heterocycles. The molecule has 0 aliphatic rings. The fraction of sp³-hybridized carbons (Fsp3) is 0.190. The van der Waals surface area contributed by atoms with Crippen LogP contribution in [0.5, 0.6) is 5.75 Å². The molecule has 0 unspecified atom stereocenters. The Hall–Kier alpha value is -3.39. The van der Waals surface area contributed by atoms with Crippen molar-refractivity contribution in [3.05, 3.63) is 70.7 Å². The number of aryl methyl sites for hydroxylation is 2. The van der Waals surface area contributed by atoms with Gasteiger partial charge in [-0.1, -0.05) is 12.1 Å². The number of ketones is 1. The van der Waals surface area contributed by atoms with Gasteiger partial charge in [-0.05, 0) is 60.2 Å². The van der Waals surface area contributed by atoms with Crippen molar-refractivity contribution in [1.82, 2.24) is 4.98 Å². The second-order valence-electron chi connectivity index (χ2n) is 6.14. The molecule has 3 aromatic rings. The lowest BCUT2D eigenvalue weighted by atomic mass is 10.1. The first-order valence-electron chi connectivity index (χ1n) is 8.27. The highest BCUT2D eigenvalue weighted by molar-refractivity contribution is 5.90. The molecule has 0 spiro atoms. The number of aromatic nitrogens is 1. The van der Waals surface area contributed by atoms with E-state index in [1.165, 1.54) is 0 Å². The van der Waals surface area contributed by atoms with Crippen molar-refractivity contribution in [1.29, 1.82) is 0 Å². The quantitative estimate of drug-likeness (QED) is 0.532. The lowest BCUT2D eigenvalue weighted by Crippen LogP contribution is -2.15. The Balaban J connectivity index is 1.57. The summed E-state index contributed by atoms with van der Waals surface area (Å²) in [7, 11) is 0. The summed E-state index contributed by atoms with van der Waals surface area (Å²) < 4.78 is 5.65. The minimum Gasteiger partial charge on any atom is -0.485 e. The molecule has 0 aliphatic carbocycles. The SMILES string of the molecule is [C-]#[N+]c1cc(C)c(OCC(=O)CN=Cc2ccc3cc[nH]c3c2)c(C)c1. The molecule has 5 heteroatoms. The summed E-state index contributed by atoms with van der Waals surface area (Å²) in [6.45, 7) is 10.8. The molecule has 0 atom stereocenters. The fourth-order valence-electron chi connectivity index (χ4n) is 2.82.